The molecule has 11 rings (SSSR count). The lowest BCUT2D eigenvalue weighted by Gasteiger charge is -2.21. The molecule has 1 aliphatic carbocycles. The number of aromatic nitrogens is 2. The molecule has 0 amide bonds. The number of fused-ring (bicyclic) bond motifs is 6. The highest BCUT2D eigenvalue weighted by molar-refractivity contribution is 7.25. The molecule has 2 aromatic heterocycles. The SMILES string of the molecule is CC1(C)c2ccccc2-c2c(-c3cccc(-c4cc(-c5cc(-c6ccccc6)cc(-c6ccc7sc8ccccc8c7c6)c5)nc(-c5ccccc5)n4)c3)cccc21. The van der Waals surface area contributed by atoms with E-state index >= 15 is 0 Å². The normalized spacial score (nSPS) is 12.8. The molecule has 10 aromatic rings. The summed E-state index contributed by atoms with van der Waals surface area (Å²) in [5.74, 6) is 0.701. The third-order valence-corrected chi connectivity index (χ3v) is 13.0. The molecule has 0 saturated carbocycles. The second-order valence-corrected chi connectivity index (χ2v) is 16.9. The topological polar surface area (TPSA) is 25.8 Å². The summed E-state index contributed by atoms with van der Waals surface area (Å²) in [6, 6.07) is 70.2. The molecule has 0 aliphatic heterocycles. The zero-order valence-electron chi connectivity index (χ0n) is 32.3. The maximum Gasteiger partial charge on any atom is 0.160 e. The average Bonchev–Trinajstić information content (AvgIpc) is 3.78. The Morgan fingerprint density at radius 2 is 0.931 bits per heavy atom. The van der Waals surface area contributed by atoms with Crippen LogP contribution in [0.1, 0.15) is 25.0 Å². The van der Waals surface area contributed by atoms with E-state index in [4.69, 9.17) is 9.97 Å². The predicted octanol–water partition coefficient (Wildman–Crippen LogP) is 15.2. The molecule has 0 spiro atoms. The van der Waals surface area contributed by atoms with E-state index in [9.17, 15) is 0 Å². The van der Waals surface area contributed by atoms with Crippen LogP contribution >= 0.6 is 11.3 Å². The van der Waals surface area contributed by atoms with Crippen molar-refractivity contribution in [3.8, 4) is 78.4 Å². The first kappa shape index (κ1) is 34.3. The van der Waals surface area contributed by atoms with Gasteiger partial charge in [-0.3, -0.25) is 0 Å². The smallest absolute Gasteiger partial charge is 0.160 e. The van der Waals surface area contributed by atoms with Crippen molar-refractivity contribution < 1.29 is 0 Å². The monoisotopic (exact) mass is 758 g/mol. The van der Waals surface area contributed by atoms with Crippen molar-refractivity contribution in [3.05, 3.63) is 205 Å². The molecule has 0 saturated heterocycles. The van der Waals surface area contributed by atoms with Gasteiger partial charge in [-0.2, -0.15) is 0 Å². The summed E-state index contributed by atoms with van der Waals surface area (Å²) >= 11 is 1.85. The van der Waals surface area contributed by atoms with Crippen LogP contribution in [0, 0.1) is 0 Å². The Kier molecular flexibility index (Phi) is 8.06. The maximum absolute atomic E-state index is 5.31. The van der Waals surface area contributed by atoms with Crippen LogP contribution in [0.2, 0.25) is 0 Å². The van der Waals surface area contributed by atoms with Gasteiger partial charge in [-0.1, -0.05) is 159 Å². The second kappa shape index (κ2) is 13.6. The molecule has 0 fully saturated rings. The molecular weight excluding hydrogens is 721 g/mol. The zero-order valence-corrected chi connectivity index (χ0v) is 33.1. The number of hydrogen-bond donors (Lipinski definition) is 0. The average molecular weight is 759 g/mol. The molecule has 2 heterocycles. The Bertz CT molecular complexity index is 3190. The van der Waals surface area contributed by atoms with E-state index in [0.717, 1.165) is 44.8 Å². The first-order valence-electron chi connectivity index (χ1n) is 19.9. The van der Waals surface area contributed by atoms with E-state index in [1.54, 1.807) is 0 Å². The Balaban J connectivity index is 1.09. The fourth-order valence-electron chi connectivity index (χ4n) is 8.95. The molecule has 0 radical (unpaired) electrons. The molecular formula is C55H38N2S. The molecule has 0 atom stereocenters. The van der Waals surface area contributed by atoms with Crippen molar-refractivity contribution in [1.29, 1.82) is 0 Å². The van der Waals surface area contributed by atoms with E-state index in [-0.39, 0.29) is 5.41 Å². The second-order valence-electron chi connectivity index (χ2n) is 15.8. The van der Waals surface area contributed by atoms with Crippen molar-refractivity contribution in [1.82, 2.24) is 9.97 Å². The lowest BCUT2D eigenvalue weighted by molar-refractivity contribution is 0.660. The largest absolute Gasteiger partial charge is 0.228 e. The molecule has 2 nitrogen and oxygen atoms in total. The molecule has 0 N–H and O–H groups in total. The number of benzene rings is 8. The minimum absolute atomic E-state index is 0.0674. The number of thiophene rings is 1. The number of rotatable bonds is 6. The Morgan fingerprint density at radius 3 is 1.76 bits per heavy atom. The Labute approximate surface area is 342 Å². The minimum Gasteiger partial charge on any atom is -0.228 e. The summed E-state index contributed by atoms with van der Waals surface area (Å²) in [4.78, 5) is 10.6. The van der Waals surface area contributed by atoms with Gasteiger partial charge in [0.25, 0.3) is 0 Å². The van der Waals surface area contributed by atoms with Crippen LogP contribution in [0.15, 0.2) is 194 Å². The van der Waals surface area contributed by atoms with Crippen LogP contribution in [0.3, 0.4) is 0 Å². The van der Waals surface area contributed by atoms with Gasteiger partial charge in [-0.05, 0) is 104 Å². The van der Waals surface area contributed by atoms with E-state index < -0.39 is 0 Å². The van der Waals surface area contributed by atoms with Gasteiger partial charge >= 0.3 is 0 Å². The highest BCUT2D eigenvalue weighted by Gasteiger charge is 2.36. The van der Waals surface area contributed by atoms with Gasteiger partial charge in [0.15, 0.2) is 5.82 Å². The van der Waals surface area contributed by atoms with E-state index in [1.807, 2.05) is 17.4 Å². The standard InChI is InChI=1S/C55H38N2S/c1-55(2)47-24-11-9-22-45(47)53-43(23-14-25-48(53)55)38-19-13-20-39(29-38)49-34-50(57-54(56-49)36-17-7-4-8-18-36)42-31-40(35-15-5-3-6-16-35)30-41(32-42)37-27-28-52-46(33-37)44-21-10-12-26-51(44)58-52/h3-34H,1-2H3. The van der Waals surface area contributed by atoms with Crippen LogP contribution in [0.4, 0.5) is 0 Å². The summed E-state index contributed by atoms with van der Waals surface area (Å²) in [6.45, 7) is 4.68. The lowest BCUT2D eigenvalue weighted by atomic mass is 9.82. The number of hydrogen-bond acceptors (Lipinski definition) is 3. The van der Waals surface area contributed by atoms with Crippen molar-refractivity contribution in [3.63, 3.8) is 0 Å². The molecule has 8 aromatic carbocycles. The Hall–Kier alpha value is -6.94. The highest BCUT2D eigenvalue weighted by atomic mass is 32.1. The molecule has 3 heteroatoms. The summed E-state index contributed by atoms with van der Waals surface area (Å²) < 4.78 is 2.61. The molecule has 274 valence electrons. The highest BCUT2D eigenvalue weighted by Crippen LogP contribution is 2.52. The molecule has 58 heavy (non-hydrogen) atoms. The van der Waals surface area contributed by atoms with Crippen molar-refractivity contribution >= 4 is 31.5 Å². The maximum atomic E-state index is 5.31. The first-order valence-corrected chi connectivity index (χ1v) is 20.7. The zero-order chi connectivity index (χ0) is 38.8. The lowest BCUT2D eigenvalue weighted by Crippen LogP contribution is -2.14. The van der Waals surface area contributed by atoms with Crippen LogP contribution in [-0.2, 0) is 5.41 Å². The number of nitrogens with zero attached hydrogens (tertiary/aromatic N) is 2. The van der Waals surface area contributed by atoms with Gasteiger partial charge < -0.3 is 0 Å². The predicted molar refractivity (Wildman–Crippen MR) is 245 cm³/mol. The van der Waals surface area contributed by atoms with Crippen molar-refractivity contribution in [2.45, 2.75) is 19.3 Å². The van der Waals surface area contributed by atoms with E-state index in [1.165, 1.54) is 59.1 Å². The van der Waals surface area contributed by atoms with E-state index in [2.05, 4.69) is 202 Å². The van der Waals surface area contributed by atoms with Crippen molar-refractivity contribution in [2.24, 2.45) is 0 Å². The van der Waals surface area contributed by atoms with E-state index in [0.29, 0.717) is 5.82 Å². The van der Waals surface area contributed by atoms with Gasteiger partial charge in [0.2, 0.25) is 0 Å². The van der Waals surface area contributed by atoms with Gasteiger partial charge in [0, 0.05) is 42.3 Å². The fraction of sp³-hybridized carbons (Fsp3) is 0.0545. The first-order chi connectivity index (χ1) is 28.5. The fourth-order valence-corrected chi connectivity index (χ4v) is 10.0. The summed E-state index contributed by atoms with van der Waals surface area (Å²) in [5, 5.41) is 2.59. The minimum atomic E-state index is -0.0674. The van der Waals surface area contributed by atoms with Crippen LogP contribution in [-0.4, -0.2) is 9.97 Å². The van der Waals surface area contributed by atoms with Crippen molar-refractivity contribution in [2.75, 3.05) is 0 Å². The van der Waals surface area contributed by atoms with Gasteiger partial charge in [-0.25, -0.2) is 9.97 Å². The summed E-state index contributed by atoms with van der Waals surface area (Å²) in [7, 11) is 0. The Morgan fingerprint density at radius 1 is 0.362 bits per heavy atom. The third kappa shape index (κ3) is 5.78. The summed E-state index contributed by atoms with van der Waals surface area (Å²) in [5.41, 5.74) is 17.2. The van der Waals surface area contributed by atoms with Gasteiger partial charge in [-0.15, -0.1) is 11.3 Å². The molecule has 1 aliphatic rings. The third-order valence-electron chi connectivity index (χ3n) is 11.9. The van der Waals surface area contributed by atoms with Crippen LogP contribution in [0.5, 0.6) is 0 Å². The summed E-state index contributed by atoms with van der Waals surface area (Å²) in [6.07, 6.45) is 0. The van der Waals surface area contributed by atoms with Gasteiger partial charge in [0.1, 0.15) is 0 Å². The van der Waals surface area contributed by atoms with Crippen LogP contribution < -0.4 is 0 Å². The van der Waals surface area contributed by atoms with Crippen LogP contribution in [0.25, 0.3) is 98.6 Å². The molecule has 0 unspecified atom stereocenters. The molecule has 0 bridgehead atoms. The van der Waals surface area contributed by atoms with Gasteiger partial charge in [0.05, 0.1) is 11.4 Å². The quantitative estimate of drug-likeness (QED) is 0.169.